The van der Waals surface area contributed by atoms with Crippen molar-refractivity contribution in [1.29, 1.82) is 0 Å². The number of nitrogen functional groups attached to an aromatic ring is 1. The summed E-state index contributed by atoms with van der Waals surface area (Å²) >= 11 is 0. The molecule has 19 heavy (non-hydrogen) atoms. The van der Waals surface area contributed by atoms with Crippen molar-refractivity contribution in [3.05, 3.63) is 29.3 Å². The molecule has 1 fully saturated rings. The van der Waals surface area contributed by atoms with Gasteiger partial charge in [0.25, 0.3) is 5.91 Å². The average Bonchev–Trinajstić information content (AvgIpc) is 2.82. The van der Waals surface area contributed by atoms with Gasteiger partial charge in [-0.2, -0.15) is 0 Å². The van der Waals surface area contributed by atoms with Crippen molar-refractivity contribution in [3.63, 3.8) is 0 Å². The summed E-state index contributed by atoms with van der Waals surface area (Å²) in [7, 11) is 0. The Hall–Kier alpha value is -2.18. The minimum absolute atomic E-state index is 0.107. The second-order valence-corrected chi connectivity index (χ2v) is 4.49. The normalized spacial score (nSPS) is 18.6. The number of hydrogen-bond acceptors (Lipinski definition) is 3. The van der Waals surface area contributed by atoms with Gasteiger partial charge in [-0.1, -0.05) is 0 Å². The quantitative estimate of drug-likeness (QED) is 0.766. The molecule has 7 heteroatoms. The van der Waals surface area contributed by atoms with E-state index in [9.17, 15) is 18.4 Å². The molecule has 1 aromatic carbocycles. The van der Waals surface area contributed by atoms with E-state index in [1.54, 1.807) is 0 Å². The molecule has 0 spiro atoms. The van der Waals surface area contributed by atoms with E-state index >= 15 is 0 Å². The van der Waals surface area contributed by atoms with Crippen LogP contribution in [0.15, 0.2) is 12.1 Å². The third kappa shape index (κ3) is 2.49. The van der Waals surface area contributed by atoms with Crippen LogP contribution in [0.1, 0.15) is 16.8 Å². The van der Waals surface area contributed by atoms with Crippen LogP contribution in [0.3, 0.4) is 0 Å². The van der Waals surface area contributed by atoms with Gasteiger partial charge >= 0.3 is 0 Å². The van der Waals surface area contributed by atoms with E-state index in [4.69, 9.17) is 11.5 Å². The molecule has 1 aliphatic heterocycles. The molecule has 2 rings (SSSR count). The molecule has 1 saturated heterocycles. The van der Waals surface area contributed by atoms with Crippen LogP contribution in [0.5, 0.6) is 0 Å². The fraction of sp³-hybridized carbons (Fsp3) is 0.333. The number of carbonyl (C=O) groups excluding carboxylic acids is 2. The zero-order valence-corrected chi connectivity index (χ0v) is 10.0. The molecule has 0 aliphatic carbocycles. The van der Waals surface area contributed by atoms with Gasteiger partial charge in [0.1, 0.15) is 0 Å². The molecular formula is C12H13F2N3O2. The summed E-state index contributed by atoms with van der Waals surface area (Å²) in [5.41, 5.74) is 10.4. The van der Waals surface area contributed by atoms with Gasteiger partial charge in [0.05, 0.1) is 11.5 Å². The first-order valence-corrected chi connectivity index (χ1v) is 5.73. The molecule has 1 aliphatic rings. The maximum atomic E-state index is 13.1. The van der Waals surface area contributed by atoms with E-state index in [2.05, 4.69) is 0 Å². The van der Waals surface area contributed by atoms with Gasteiger partial charge in [-0.25, -0.2) is 8.78 Å². The summed E-state index contributed by atoms with van der Waals surface area (Å²) < 4.78 is 26.1. The number of benzene rings is 1. The lowest BCUT2D eigenvalue weighted by molar-refractivity contribution is -0.121. The predicted molar refractivity (Wildman–Crippen MR) is 64.0 cm³/mol. The van der Waals surface area contributed by atoms with E-state index in [-0.39, 0.29) is 17.8 Å². The first kappa shape index (κ1) is 13.3. The van der Waals surface area contributed by atoms with E-state index < -0.39 is 29.4 Å². The fourth-order valence-corrected chi connectivity index (χ4v) is 2.09. The largest absolute Gasteiger partial charge is 0.398 e. The maximum Gasteiger partial charge on any atom is 0.256 e. The molecule has 1 heterocycles. The molecule has 5 nitrogen and oxygen atoms in total. The van der Waals surface area contributed by atoms with Crippen molar-refractivity contribution in [2.45, 2.75) is 6.42 Å². The number of primary amides is 1. The monoisotopic (exact) mass is 269 g/mol. The number of anilines is 1. The maximum absolute atomic E-state index is 13.1. The number of rotatable bonds is 2. The summed E-state index contributed by atoms with van der Waals surface area (Å²) in [6.07, 6.45) is 0.463. The van der Waals surface area contributed by atoms with E-state index in [1.807, 2.05) is 0 Å². The molecule has 1 unspecified atom stereocenters. The lowest BCUT2D eigenvalue weighted by atomic mass is 10.1. The summed E-state index contributed by atoms with van der Waals surface area (Å²) in [4.78, 5) is 24.5. The van der Waals surface area contributed by atoms with Gasteiger partial charge < -0.3 is 16.4 Å². The Morgan fingerprint density at radius 3 is 2.47 bits per heavy atom. The molecule has 1 aromatic rings. The number of hydrogen-bond donors (Lipinski definition) is 2. The van der Waals surface area contributed by atoms with Gasteiger partial charge in [0, 0.05) is 24.8 Å². The number of carbonyl (C=O) groups is 2. The number of nitrogens with two attached hydrogens (primary N) is 2. The van der Waals surface area contributed by atoms with Gasteiger partial charge in [-0.15, -0.1) is 0 Å². The molecule has 0 aromatic heterocycles. The van der Waals surface area contributed by atoms with Crippen molar-refractivity contribution in [1.82, 2.24) is 4.90 Å². The molecule has 0 radical (unpaired) electrons. The number of halogens is 2. The molecule has 0 bridgehead atoms. The van der Waals surface area contributed by atoms with Crippen LogP contribution in [-0.4, -0.2) is 29.8 Å². The third-order valence-corrected chi connectivity index (χ3v) is 3.20. The second kappa shape index (κ2) is 4.83. The zero-order chi connectivity index (χ0) is 14.2. The molecular weight excluding hydrogens is 256 g/mol. The Morgan fingerprint density at radius 2 is 1.89 bits per heavy atom. The average molecular weight is 269 g/mol. The molecule has 0 saturated carbocycles. The number of amides is 2. The van der Waals surface area contributed by atoms with Crippen LogP contribution in [-0.2, 0) is 4.79 Å². The topological polar surface area (TPSA) is 89.4 Å². The van der Waals surface area contributed by atoms with Crippen LogP contribution in [0.4, 0.5) is 14.5 Å². The Kier molecular flexibility index (Phi) is 3.37. The van der Waals surface area contributed by atoms with E-state index in [0.29, 0.717) is 13.0 Å². The minimum atomic E-state index is -1.14. The van der Waals surface area contributed by atoms with Crippen molar-refractivity contribution >= 4 is 17.5 Å². The predicted octanol–water partition coefficient (Wildman–Crippen LogP) is 0.494. The first-order chi connectivity index (χ1) is 8.90. The van der Waals surface area contributed by atoms with Gasteiger partial charge in [-0.05, 0) is 12.5 Å². The smallest absolute Gasteiger partial charge is 0.256 e. The number of nitrogens with zero attached hydrogens (tertiary/aromatic N) is 1. The second-order valence-electron chi connectivity index (χ2n) is 4.49. The zero-order valence-electron chi connectivity index (χ0n) is 10.0. The Morgan fingerprint density at radius 1 is 1.26 bits per heavy atom. The van der Waals surface area contributed by atoms with Crippen molar-refractivity contribution in [2.75, 3.05) is 18.8 Å². The van der Waals surface area contributed by atoms with Crippen LogP contribution >= 0.6 is 0 Å². The third-order valence-electron chi connectivity index (χ3n) is 3.20. The van der Waals surface area contributed by atoms with Gasteiger partial charge in [0.15, 0.2) is 11.6 Å². The SMILES string of the molecule is NC(=O)C1CCN(C(=O)c2cc(F)c(F)cc2N)C1. The minimum Gasteiger partial charge on any atom is -0.398 e. The summed E-state index contributed by atoms with van der Waals surface area (Å²) in [5.74, 6) is -3.65. The number of likely N-dealkylation sites (tertiary alicyclic amines) is 1. The lowest BCUT2D eigenvalue weighted by Crippen LogP contribution is -2.32. The van der Waals surface area contributed by atoms with E-state index in [0.717, 1.165) is 12.1 Å². The van der Waals surface area contributed by atoms with Crippen molar-refractivity contribution in [3.8, 4) is 0 Å². The molecule has 2 amide bonds. The van der Waals surface area contributed by atoms with Crippen molar-refractivity contribution in [2.24, 2.45) is 11.7 Å². The van der Waals surface area contributed by atoms with Crippen LogP contribution in [0.2, 0.25) is 0 Å². The first-order valence-electron chi connectivity index (χ1n) is 5.73. The summed E-state index contributed by atoms with van der Waals surface area (Å²) in [6.45, 7) is 0.511. The van der Waals surface area contributed by atoms with Gasteiger partial charge in [0.2, 0.25) is 5.91 Å². The Bertz CT molecular complexity index is 548. The highest BCUT2D eigenvalue weighted by Gasteiger charge is 2.31. The highest BCUT2D eigenvalue weighted by Crippen LogP contribution is 2.23. The molecule has 4 N–H and O–H groups in total. The van der Waals surface area contributed by atoms with Crippen LogP contribution < -0.4 is 11.5 Å². The molecule has 102 valence electrons. The standard InChI is InChI=1S/C12H13F2N3O2/c13-8-3-7(10(15)4-9(8)14)12(19)17-2-1-6(5-17)11(16)18/h3-4,6H,1-2,5,15H2,(H2,16,18). The molecule has 1 atom stereocenters. The Balaban J connectivity index is 2.22. The summed E-state index contributed by atoms with van der Waals surface area (Å²) in [6, 6.07) is 1.54. The van der Waals surface area contributed by atoms with Crippen LogP contribution in [0, 0.1) is 17.6 Å². The summed E-state index contributed by atoms with van der Waals surface area (Å²) in [5, 5.41) is 0. The van der Waals surface area contributed by atoms with E-state index in [1.165, 1.54) is 4.90 Å². The highest BCUT2D eigenvalue weighted by atomic mass is 19.2. The van der Waals surface area contributed by atoms with Gasteiger partial charge in [-0.3, -0.25) is 9.59 Å². The highest BCUT2D eigenvalue weighted by molar-refractivity contribution is 5.99. The Labute approximate surface area is 108 Å². The fourth-order valence-electron chi connectivity index (χ4n) is 2.09. The van der Waals surface area contributed by atoms with Crippen LogP contribution in [0.25, 0.3) is 0 Å². The lowest BCUT2D eigenvalue weighted by Gasteiger charge is -2.17. The van der Waals surface area contributed by atoms with Crippen molar-refractivity contribution < 1.29 is 18.4 Å².